The van der Waals surface area contributed by atoms with Gasteiger partial charge in [-0.25, -0.2) is 9.98 Å². The number of nitrogens with zero attached hydrogens (tertiary/aromatic N) is 6. The van der Waals surface area contributed by atoms with Crippen LogP contribution in [-0.4, -0.2) is 53.1 Å². The zero-order chi connectivity index (χ0) is 28.6. The van der Waals surface area contributed by atoms with Crippen molar-refractivity contribution < 1.29 is 9.53 Å². The Bertz CT molecular complexity index is 1510. The van der Waals surface area contributed by atoms with Crippen molar-refractivity contribution in [3.05, 3.63) is 69.2 Å². The van der Waals surface area contributed by atoms with E-state index in [1.165, 1.54) is 28.8 Å². The summed E-state index contributed by atoms with van der Waals surface area (Å²) >= 11 is 6.32. The Morgan fingerprint density at radius 3 is 2.46 bits per heavy atom. The molecule has 1 saturated heterocycles. The van der Waals surface area contributed by atoms with Crippen LogP contribution < -0.4 is 20.1 Å². The van der Waals surface area contributed by atoms with E-state index in [1.54, 1.807) is 18.1 Å². The molecule has 2 unspecified atom stereocenters. The predicted molar refractivity (Wildman–Crippen MR) is 154 cm³/mol. The molecule has 204 valence electrons. The second kappa shape index (κ2) is 11.0. The highest BCUT2D eigenvalue weighted by Gasteiger charge is 2.50. The average Bonchev–Trinajstić information content (AvgIpc) is 3.14. The number of pyridine rings is 1. The van der Waals surface area contributed by atoms with Gasteiger partial charge in [0, 0.05) is 33.1 Å². The van der Waals surface area contributed by atoms with Crippen LogP contribution >= 0.6 is 11.6 Å². The Kier molecular flexibility index (Phi) is 7.87. The lowest BCUT2D eigenvalue weighted by Gasteiger charge is -2.29. The second-order valence-corrected chi connectivity index (χ2v) is 10.5. The number of aryl methyl sites for hydroxylation is 2. The number of nitrogens with one attached hydrogen (secondary N) is 1. The third-order valence-electron chi connectivity index (χ3n) is 6.64. The van der Waals surface area contributed by atoms with Gasteiger partial charge in [-0.2, -0.15) is 4.98 Å². The van der Waals surface area contributed by atoms with E-state index in [0.717, 1.165) is 11.1 Å². The topological polar surface area (TPSA) is 117 Å². The van der Waals surface area contributed by atoms with Crippen LogP contribution in [0.15, 0.2) is 52.5 Å². The maximum atomic E-state index is 13.8. The molecule has 1 aliphatic heterocycles. The number of hydrogen-bond acceptors (Lipinski definition) is 8. The van der Waals surface area contributed by atoms with Gasteiger partial charge in [0.05, 0.1) is 30.3 Å². The molecular weight excluding hydrogens is 518 g/mol. The van der Waals surface area contributed by atoms with E-state index in [1.807, 2.05) is 59.1 Å². The lowest BCUT2D eigenvalue weighted by atomic mass is 9.83. The van der Waals surface area contributed by atoms with Crippen molar-refractivity contribution in [2.75, 3.05) is 31.0 Å². The maximum absolute atomic E-state index is 13.8. The zero-order valence-corrected chi connectivity index (χ0v) is 23.8. The molecule has 3 heterocycles. The van der Waals surface area contributed by atoms with Crippen LogP contribution in [0.2, 0.25) is 5.02 Å². The molecule has 3 aromatic rings. The number of aliphatic imine (C=N–C) groups is 1. The second-order valence-electron chi connectivity index (χ2n) is 10.0. The van der Waals surface area contributed by atoms with Crippen LogP contribution in [0.5, 0.6) is 5.88 Å². The number of anilines is 2. The average molecular weight is 550 g/mol. The fourth-order valence-electron chi connectivity index (χ4n) is 4.69. The highest BCUT2D eigenvalue weighted by molar-refractivity contribution is 6.49. The third-order valence-corrected chi connectivity index (χ3v) is 6.85. The van der Waals surface area contributed by atoms with E-state index >= 15 is 0 Å². The fourth-order valence-corrected chi connectivity index (χ4v) is 4.94. The predicted octanol–water partition coefficient (Wildman–Crippen LogP) is 4.36. The number of benzene rings is 1. The molecule has 1 aromatic carbocycles. The Hall–Kier alpha value is -4.05. The highest BCUT2D eigenvalue weighted by Crippen LogP contribution is 2.42. The first kappa shape index (κ1) is 28.0. The summed E-state index contributed by atoms with van der Waals surface area (Å²) in [4.78, 5) is 43.8. The number of aromatic nitrogens is 3. The maximum Gasteiger partial charge on any atom is 0.274 e. The molecule has 0 radical (unpaired) electrons. The molecule has 11 heteroatoms. The van der Waals surface area contributed by atoms with Crippen molar-refractivity contribution in [3.63, 3.8) is 0 Å². The first-order valence-electron chi connectivity index (χ1n) is 12.5. The van der Waals surface area contributed by atoms with Gasteiger partial charge in [0.15, 0.2) is 0 Å². The number of methoxy groups -OCH3 is 1. The van der Waals surface area contributed by atoms with Gasteiger partial charge in [0.2, 0.25) is 11.8 Å². The van der Waals surface area contributed by atoms with Gasteiger partial charge < -0.3 is 14.2 Å². The summed E-state index contributed by atoms with van der Waals surface area (Å²) in [7, 11) is 6.72. The van der Waals surface area contributed by atoms with E-state index in [9.17, 15) is 9.59 Å². The molecule has 1 N–H and O–H groups in total. The summed E-state index contributed by atoms with van der Waals surface area (Å²) < 4.78 is 6.84. The lowest BCUT2D eigenvalue weighted by molar-refractivity contribution is -0.112. The SMILES string of the molecule is COc1nc(N(C)C)ncc1N=C(C(C)C)C1C(=N)C(=O)N(c2cc(Cl)cn(C)c2=O)C1c1ccc(C)cc1. The summed E-state index contributed by atoms with van der Waals surface area (Å²) in [5.41, 5.74) is 2.30. The first-order valence-corrected chi connectivity index (χ1v) is 12.8. The van der Waals surface area contributed by atoms with E-state index in [2.05, 4.69) is 9.97 Å². The van der Waals surface area contributed by atoms with Gasteiger partial charge in [0.1, 0.15) is 17.1 Å². The van der Waals surface area contributed by atoms with Gasteiger partial charge in [-0.15, -0.1) is 0 Å². The quantitative estimate of drug-likeness (QED) is 0.437. The molecule has 0 bridgehead atoms. The molecule has 10 nitrogen and oxygen atoms in total. The smallest absolute Gasteiger partial charge is 0.274 e. The minimum absolute atomic E-state index is 0.104. The van der Waals surface area contributed by atoms with Gasteiger partial charge in [-0.1, -0.05) is 55.3 Å². The van der Waals surface area contributed by atoms with Crippen LogP contribution in [0.1, 0.15) is 31.0 Å². The molecule has 0 saturated carbocycles. The Balaban J connectivity index is 1.96. The molecule has 1 amide bonds. The largest absolute Gasteiger partial charge is 0.479 e. The Morgan fingerprint density at radius 2 is 1.87 bits per heavy atom. The lowest BCUT2D eigenvalue weighted by Crippen LogP contribution is -2.36. The van der Waals surface area contributed by atoms with Crippen LogP contribution in [0.25, 0.3) is 0 Å². The van der Waals surface area contributed by atoms with Gasteiger partial charge in [-0.05, 0) is 24.5 Å². The number of halogens is 1. The molecule has 1 aliphatic rings. The number of amides is 1. The fraction of sp³-hybridized carbons (Fsp3) is 0.357. The van der Waals surface area contributed by atoms with Crippen molar-refractivity contribution >= 4 is 46.3 Å². The molecular formula is C28H32ClN7O3. The summed E-state index contributed by atoms with van der Waals surface area (Å²) in [5, 5.41) is 9.29. The molecule has 39 heavy (non-hydrogen) atoms. The van der Waals surface area contributed by atoms with Crippen molar-refractivity contribution in [2.24, 2.45) is 23.9 Å². The van der Waals surface area contributed by atoms with Crippen molar-refractivity contribution in [2.45, 2.75) is 26.8 Å². The molecule has 0 aliphatic carbocycles. The monoisotopic (exact) mass is 549 g/mol. The number of rotatable bonds is 7. The number of hydrogen-bond donors (Lipinski definition) is 1. The van der Waals surface area contributed by atoms with Crippen LogP contribution in [0.3, 0.4) is 0 Å². The highest BCUT2D eigenvalue weighted by atomic mass is 35.5. The normalized spacial score (nSPS) is 17.8. The first-order chi connectivity index (χ1) is 18.4. The van der Waals surface area contributed by atoms with E-state index in [-0.39, 0.29) is 23.2 Å². The molecule has 1 fully saturated rings. The van der Waals surface area contributed by atoms with Crippen LogP contribution in [0, 0.1) is 24.2 Å². The minimum Gasteiger partial charge on any atom is -0.479 e. The molecule has 2 atom stereocenters. The summed E-state index contributed by atoms with van der Waals surface area (Å²) in [5.74, 6) is -0.778. The van der Waals surface area contributed by atoms with E-state index < -0.39 is 23.4 Å². The Labute approximate surface area is 232 Å². The number of ether oxygens (including phenoxy) is 1. The van der Waals surface area contributed by atoms with Crippen LogP contribution in [-0.2, 0) is 11.8 Å². The number of carbonyl (C=O) groups excluding carboxylic acids is 1. The minimum atomic E-state index is -0.762. The zero-order valence-electron chi connectivity index (χ0n) is 23.1. The van der Waals surface area contributed by atoms with Crippen molar-refractivity contribution in [3.8, 4) is 5.88 Å². The van der Waals surface area contributed by atoms with E-state index in [4.69, 9.17) is 26.7 Å². The van der Waals surface area contributed by atoms with Crippen molar-refractivity contribution in [1.82, 2.24) is 14.5 Å². The number of carbonyl (C=O) groups is 1. The summed E-state index contributed by atoms with van der Waals surface area (Å²) in [6.07, 6.45) is 3.05. The third kappa shape index (κ3) is 5.29. The molecule has 0 spiro atoms. The van der Waals surface area contributed by atoms with Gasteiger partial charge >= 0.3 is 0 Å². The van der Waals surface area contributed by atoms with E-state index in [0.29, 0.717) is 22.4 Å². The van der Waals surface area contributed by atoms with Gasteiger partial charge in [-0.3, -0.25) is 19.9 Å². The summed E-state index contributed by atoms with van der Waals surface area (Å²) in [6, 6.07) is 8.47. The van der Waals surface area contributed by atoms with Crippen molar-refractivity contribution in [1.29, 1.82) is 5.41 Å². The standard InChI is InChI=1S/C28H32ClN7O3/c1-15(2)23(32-19-13-31-28(34(4)5)33-25(19)39-7)21-22(30)27(38)36(20-12-18(29)14-35(6)26(20)37)24(21)17-10-8-16(3)9-11-17/h8-15,21,24,30H,1-7H3. The van der Waals surface area contributed by atoms with Crippen LogP contribution in [0.4, 0.5) is 17.3 Å². The molecule has 2 aromatic heterocycles. The summed E-state index contributed by atoms with van der Waals surface area (Å²) in [6.45, 7) is 5.87. The Morgan fingerprint density at radius 1 is 1.21 bits per heavy atom. The molecule has 4 rings (SSSR count). The van der Waals surface area contributed by atoms with Gasteiger partial charge in [0.25, 0.3) is 11.5 Å².